The van der Waals surface area contributed by atoms with Crippen LogP contribution in [-0.2, 0) is 6.42 Å². The SMILES string of the molecule is CCNC(CCC(C)C)Cc1ccco1. The Hall–Kier alpha value is -0.760. The Morgan fingerprint density at radius 1 is 1.33 bits per heavy atom. The van der Waals surface area contributed by atoms with Crippen LogP contribution in [0.25, 0.3) is 0 Å². The summed E-state index contributed by atoms with van der Waals surface area (Å²) in [5.41, 5.74) is 0. The average Bonchev–Trinajstić information content (AvgIpc) is 2.67. The van der Waals surface area contributed by atoms with Gasteiger partial charge in [-0.25, -0.2) is 0 Å². The lowest BCUT2D eigenvalue weighted by molar-refractivity contribution is 0.401. The zero-order valence-electron chi connectivity index (χ0n) is 10.1. The van der Waals surface area contributed by atoms with Crippen molar-refractivity contribution in [3.8, 4) is 0 Å². The molecular weight excluding hydrogens is 186 g/mol. The van der Waals surface area contributed by atoms with E-state index >= 15 is 0 Å². The van der Waals surface area contributed by atoms with Crippen molar-refractivity contribution < 1.29 is 4.42 Å². The maximum atomic E-state index is 5.38. The van der Waals surface area contributed by atoms with Crippen LogP contribution in [0.1, 0.15) is 39.4 Å². The molecule has 2 heteroatoms. The fraction of sp³-hybridized carbons (Fsp3) is 0.692. The Bertz CT molecular complexity index is 241. The van der Waals surface area contributed by atoms with Crippen molar-refractivity contribution in [3.05, 3.63) is 24.2 Å². The van der Waals surface area contributed by atoms with Crippen molar-refractivity contribution in [2.45, 2.75) is 46.1 Å². The Morgan fingerprint density at radius 2 is 2.13 bits per heavy atom. The standard InChI is InChI=1S/C13H23NO/c1-4-14-12(8-7-11(2)3)10-13-6-5-9-15-13/h5-6,9,11-12,14H,4,7-8,10H2,1-3H3. The van der Waals surface area contributed by atoms with Gasteiger partial charge in [-0.2, -0.15) is 0 Å². The highest BCUT2D eigenvalue weighted by atomic mass is 16.3. The quantitative estimate of drug-likeness (QED) is 0.745. The summed E-state index contributed by atoms with van der Waals surface area (Å²) in [7, 11) is 0. The molecule has 1 N–H and O–H groups in total. The van der Waals surface area contributed by atoms with Crippen LogP contribution < -0.4 is 5.32 Å². The molecule has 1 unspecified atom stereocenters. The van der Waals surface area contributed by atoms with Gasteiger partial charge in [0.25, 0.3) is 0 Å². The number of hydrogen-bond donors (Lipinski definition) is 1. The molecule has 2 nitrogen and oxygen atoms in total. The molecule has 0 aliphatic heterocycles. The topological polar surface area (TPSA) is 25.2 Å². The largest absolute Gasteiger partial charge is 0.469 e. The first kappa shape index (κ1) is 12.3. The number of hydrogen-bond acceptors (Lipinski definition) is 2. The lowest BCUT2D eigenvalue weighted by Gasteiger charge is -2.17. The molecule has 86 valence electrons. The van der Waals surface area contributed by atoms with E-state index in [1.807, 2.05) is 6.07 Å². The zero-order chi connectivity index (χ0) is 11.1. The molecule has 0 aliphatic rings. The van der Waals surface area contributed by atoms with E-state index in [0.717, 1.165) is 24.6 Å². The minimum Gasteiger partial charge on any atom is -0.469 e. The molecule has 0 radical (unpaired) electrons. The summed E-state index contributed by atoms with van der Waals surface area (Å²) >= 11 is 0. The average molecular weight is 209 g/mol. The Kier molecular flexibility index (Phi) is 5.48. The van der Waals surface area contributed by atoms with Crippen molar-refractivity contribution in [2.24, 2.45) is 5.92 Å². The summed E-state index contributed by atoms with van der Waals surface area (Å²) in [5.74, 6) is 1.87. The van der Waals surface area contributed by atoms with Gasteiger partial charge >= 0.3 is 0 Å². The van der Waals surface area contributed by atoms with E-state index in [9.17, 15) is 0 Å². The molecule has 0 bridgehead atoms. The second kappa shape index (κ2) is 6.67. The van der Waals surface area contributed by atoms with Gasteiger partial charge in [-0.3, -0.25) is 0 Å². The molecular formula is C13H23NO. The van der Waals surface area contributed by atoms with Gasteiger partial charge in [-0.05, 0) is 37.4 Å². The number of furan rings is 1. The summed E-state index contributed by atoms with van der Waals surface area (Å²) in [6, 6.07) is 4.57. The van der Waals surface area contributed by atoms with Crippen LogP contribution in [0.15, 0.2) is 22.8 Å². The van der Waals surface area contributed by atoms with Gasteiger partial charge in [-0.1, -0.05) is 20.8 Å². The maximum absolute atomic E-state index is 5.38. The number of likely N-dealkylation sites (N-methyl/N-ethyl adjacent to an activating group) is 1. The molecule has 15 heavy (non-hydrogen) atoms. The molecule has 1 rings (SSSR count). The number of rotatable bonds is 7. The predicted molar refractivity (Wildman–Crippen MR) is 63.9 cm³/mol. The lowest BCUT2D eigenvalue weighted by atomic mass is 10.0. The maximum Gasteiger partial charge on any atom is 0.105 e. The highest BCUT2D eigenvalue weighted by molar-refractivity contribution is 5.00. The highest BCUT2D eigenvalue weighted by Gasteiger charge is 2.10. The van der Waals surface area contributed by atoms with Crippen LogP contribution in [0.2, 0.25) is 0 Å². The van der Waals surface area contributed by atoms with Crippen molar-refractivity contribution in [1.29, 1.82) is 0 Å². The fourth-order valence-corrected chi connectivity index (χ4v) is 1.77. The summed E-state index contributed by atoms with van der Waals surface area (Å²) in [4.78, 5) is 0. The second-order valence-electron chi connectivity index (χ2n) is 4.51. The van der Waals surface area contributed by atoms with Crippen LogP contribution in [0.5, 0.6) is 0 Å². The van der Waals surface area contributed by atoms with E-state index in [0.29, 0.717) is 6.04 Å². The molecule has 0 amide bonds. The molecule has 0 saturated carbocycles. The second-order valence-corrected chi connectivity index (χ2v) is 4.51. The van der Waals surface area contributed by atoms with Crippen LogP contribution in [0, 0.1) is 5.92 Å². The van der Waals surface area contributed by atoms with E-state index in [1.54, 1.807) is 6.26 Å². The highest BCUT2D eigenvalue weighted by Crippen LogP contribution is 2.12. The van der Waals surface area contributed by atoms with Crippen LogP contribution >= 0.6 is 0 Å². The predicted octanol–water partition coefficient (Wildman–Crippen LogP) is 3.24. The third-order valence-corrected chi connectivity index (χ3v) is 2.61. The first-order valence-electron chi connectivity index (χ1n) is 5.98. The molecule has 1 heterocycles. The van der Waals surface area contributed by atoms with Gasteiger partial charge in [-0.15, -0.1) is 0 Å². The Morgan fingerprint density at radius 3 is 2.67 bits per heavy atom. The van der Waals surface area contributed by atoms with E-state index in [-0.39, 0.29) is 0 Å². The molecule has 0 fully saturated rings. The van der Waals surface area contributed by atoms with Crippen molar-refractivity contribution in [3.63, 3.8) is 0 Å². The van der Waals surface area contributed by atoms with E-state index in [2.05, 4.69) is 32.2 Å². The van der Waals surface area contributed by atoms with Gasteiger partial charge in [0, 0.05) is 12.5 Å². The minimum absolute atomic E-state index is 0.559. The van der Waals surface area contributed by atoms with Crippen molar-refractivity contribution in [1.82, 2.24) is 5.32 Å². The molecule has 1 aromatic rings. The van der Waals surface area contributed by atoms with Gasteiger partial charge in [0.1, 0.15) is 5.76 Å². The van der Waals surface area contributed by atoms with E-state index < -0.39 is 0 Å². The van der Waals surface area contributed by atoms with Crippen molar-refractivity contribution in [2.75, 3.05) is 6.54 Å². The van der Waals surface area contributed by atoms with Crippen LogP contribution in [-0.4, -0.2) is 12.6 Å². The molecule has 0 saturated heterocycles. The van der Waals surface area contributed by atoms with Gasteiger partial charge in [0.2, 0.25) is 0 Å². The number of nitrogens with one attached hydrogen (secondary N) is 1. The molecule has 0 spiro atoms. The minimum atomic E-state index is 0.559. The van der Waals surface area contributed by atoms with Crippen LogP contribution in [0.4, 0.5) is 0 Å². The summed E-state index contributed by atoms with van der Waals surface area (Å²) in [5, 5.41) is 3.52. The summed E-state index contributed by atoms with van der Waals surface area (Å²) in [6.45, 7) is 7.74. The van der Waals surface area contributed by atoms with E-state index in [1.165, 1.54) is 12.8 Å². The molecule has 0 aliphatic carbocycles. The van der Waals surface area contributed by atoms with Gasteiger partial charge < -0.3 is 9.73 Å². The monoisotopic (exact) mass is 209 g/mol. The van der Waals surface area contributed by atoms with Gasteiger partial charge in [0.05, 0.1) is 6.26 Å². The van der Waals surface area contributed by atoms with E-state index in [4.69, 9.17) is 4.42 Å². The molecule has 1 aromatic heterocycles. The summed E-state index contributed by atoms with van der Waals surface area (Å²) in [6.07, 6.45) is 5.26. The normalized spacial score (nSPS) is 13.3. The third-order valence-electron chi connectivity index (χ3n) is 2.61. The smallest absolute Gasteiger partial charge is 0.105 e. The third kappa shape index (κ3) is 5.03. The molecule has 1 atom stereocenters. The Labute approximate surface area is 93.1 Å². The van der Waals surface area contributed by atoms with Crippen LogP contribution in [0.3, 0.4) is 0 Å². The summed E-state index contributed by atoms with van der Waals surface area (Å²) < 4.78 is 5.38. The first-order chi connectivity index (χ1) is 7.22. The first-order valence-corrected chi connectivity index (χ1v) is 5.98. The molecule has 0 aromatic carbocycles. The van der Waals surface area contributed by atoms with Gasteiger partial charge in [0.15, 0.2) is 0 Å². The Balaban J connectivity index is 2.36. The fourth-order valence-electron chi connectivity index (χ4n) is 1.77. The zero-order valence-corrected chi connectivity index (χ0v) is 10.1. The van der Waals surface area contributed by atoms with Crippen molar-refractivity contribution >= 4 is 0 Å². The lowest BCUT2D eigenvalue weighted by Crippen LogP contribution is -2.31.